The lowest BCUT2D eigenvalue weighted by Gasteiger charge is -2.22. The summed E-state index contributed by atoms with van der Waals surface area (Å²) in [6.07, 6.45) is 2.55. The van der Waals surface area contributed by atoms with Crippen molar-refractivity contribution in [2.24, 2.45) is 5.10 Å². The minimum atomic E-state index is -3.52. The summed E-state index contributed by atoms with van der Waals surface area (Å²) in [5, 5.41) is 3.85. The smallest absolute Gasteiger partial charge is 0.267 e. The highest BCUT2D eigenvalue weighted by atomic mass is 32.2. The molecule has 0 spiro atoms. The van der Waals surface area contributed by atoms with Gasteiger partial charge in [0.1, 0.15) is 5.82 Å². The van der Waals surface area contributed by atoms with E-state index in [4.69, 9.17) is 0 Å². The highest BCUT2D eigenvalue weighted by Gasteiger charge is 2.18. The van der Waals surface area contributed by atoms with Crippen molar-refractivity contribution in [1.82, 2.24) is 5.43 Å². The molecular weight excluding hydrogens is 417 g/mol. The van der Waals surface area contributed by atoms with Crippen LogP contribution in [0.15, 0.2) is 77.9 Å². The van der Waals surface area contributed by atoms with E-state index in [1.54, 1.807) is 12.1 Å². The van der Waals surface area contributed by atoms with E-state index >= 15 is 0 Å². The van der Waals surface area contributed by atoms with Crippen molar-refractivity contribution in [3.05, 3.63) is 101 Å². The van der Waals surface area contributed by atoms with E-state index in [2.05, 4.69) is 10.5 Å². The zero-order chi connectivity index (χ0) is 22.4. The summed E-state index contributed by atoms with van der Waals surface area (Å²) in [4.78, 5) is 12.3. The molecule has 0 aliphatic carbocycles. The molecule has 3 aromatic rings. The number of nitrogens with zero attached hydrogens (tertiary/aromatic N) is 2. The van der Waals surface area contributed by atoms with Crippen molar-refractivity contribution in [3.63, 3.8) is 0 Å². The predicted molar refractivity (Wildman–Crippen MR) is 120 cm³/mol. The minimum absolute atomic E-state index is 0.187. The third-order valence-electron chi connectivity index (χ3n) is 4.51. The third kappa shape index (κ3) is 6.23. The average molecular weight is 440 g/mol. The van der Waals surface area contributed by atoms with Crippen LogP contribution in [0.2, 0.25) is 0 Å². The van der Waals surface area contributed by atoms with Crippen LogP contribution in [-0.2, 0) is 16.6 Å². The second-order valence-electron chi connectivity index (χ2n) is 7.05. The molecular formula is C23H22FN3O3S. The van der Waals surface area contributed by atoms with E-state index in [1.807, 2.05) is 31.2 Å². The van der Waals surface area contributed by atoms with Crippen LogP contribution < -0.4 is 9.73 Å². The number of hydrogen-bond donors (Lipinski definition) is 1. The Morgan fingerprint density at radius 2 is 1.61 bits per heavy atom. The highest BCUT2D eigenvalue weighted by Crippen LogP contribution is 2.21. The van der Waals surface area contributed by atoms with Crippen LogP contribution >= 0.6 is 0 Å². The first-order chi connectivity index (χ1) is 14.7. The molecule has 3 aromatic carbocycles. The van der Waals surface area contributed by atoms with Gasteiger partial charge in [-0.2, -0.15) is 5.10 Å². The van der Waals surface area contributed by atoms with Gasteiger partial charge in [0, 0.05) is 5.56 Å². The molecule has 0 aliphatic heterocycles. The van der Waals surface area contributed by atoms with Gasteiger partial charge in [0.05, 0.1) is 24.7 Å². The van der Waals surface area contributed by atoms with Crippen LogP contribution in [0, 0.1) is 12.7 Å². The van der Waals surface area contributed by atoms with Gasteiger partial charge >= 0.3 is 0 Å². The van der Waals surface area contributed by atoms with E-state index in [9.17, 15) is 17.6 Å². The SMILES string of the molecule is Cc1ccc(CN(c2ccc(C(=O)N/N=C\c3ccc(F)cc3)cc2)S(C)(=O)=O)cc1. The van der Waals surface area contributed by atoms with Crippen LogP contribution in [0.4, 0.5) is 10.1 Å². The number of sulfonamides is 1. The summed E-state index contributed by atoms with van der Waals surface area (Å²) in [7, 11) is -3.52. The third-order valence-corrected chi connectivity index (χ3v) is 5.65. The molecule has 0 bridgehead atoms. The molecule has 0 saturated carbocycles. The van der Waals surface area contributed by atoms with Gasteiger partial charge in [-0.1, -0.05) is 42.0 Å². The Morgan fingerprint density at radius 3 is 2.19 bits per heavy atom. The van der Waals surface area contributed by atoms with Crippen LogP contribution in [0.3, 0.4) is 0 Å². The molecule has 0 fully saturated rings. The van der Waals surface area contributed by atoms with E-state index in [0.29, 0.717) is 16.8 Å². The minimum Gasteiger partial charge on any atom is -0.267 e. The van der Waals surface area contributed by atoms with Crippen molar-refractivity contribution in [1.29, 1.82) is 0 Å². The number of aryl methyl sites for hydroxylation is 1. The van der Waals surface area contributed by atoms with E-state index in [1.165, 1.54) is 46.9 Å². The zero-order valence-electron chi connectivity index (χ0n) is 17.1. The molecule has 3 rings (SSSR count). The average Bonchev–Trinajstić information content (AvgIpc) is 2.74. The summed E-state index contributed by atoms with van der Waals surface area (Å²) in [5.74, 6) is -0.804. The van der Waals surface area contributed by atoms with Gasteiger partial charge in [0.15, 0.2) is 0 Å². The van der Waals surface area contributed by atoms with Crippen molar-refractivity contribution < 1.29 is 17.6 Å². The molecule has 0 saturated heterocycles. The molecule has 6 nitrogen and oxygen atoms in total. The second-order valence-corrected chi connectivity index (χ2v) is 8.96. The van der Waals surface area contributed by atoms with E-state index in [0.717, 1.165) is 17.4 Å². The number of nitrogens with one attached hydrogen (secondary N) is 1. The molecule has 0 unspecified atom stereocenters. The fourth-order valence-corrected chi connectivity index (χ4v) is 3.71. The predicted octanol–water partition coefficient (Wildman–Crippen LogP) is 3.86. The first kappa shape index (κ1) is 22.2. The maximum absolute atomic E-state index is 12.9. The number of carbonyl (C=O) groups is 1. The normalized spacial score (nSPS) is 11.5. The van der Waals surface area contributed by atoms with Crippen LogP contribution in [-0.4, -0.2) is 26.8 Å². The molecule has 0 aromatic heterocycles. The standard InChI is InChI=1S/C23H22FN3O3S/c1-17-3-5-19(6-4-17)16-27(31(2,29)30)22-13-9-20(10-14-22)23(28)26-25-15-18-7-11-21(24)12-8-18/h3-15H,16H2,1-2H3,(H,26,28)/b25-15-. The van der Waals surface area contributed by atoms with Crippen LogP contribution in [0.5, 0.6) is 0 Å². The first-order valence-corrected chi connectivity index (χ1v) is 11.3. The molecule has 1 N–H and O–H groups in total. The second kappa shape index (κ2) is 9.53. The van der Waals surface area contributed by atoms with Crippen LogP contribution in [0.25, 0.3) is 0 Å². The Bertz CT molecular complexity index is 1170. The highest BCUT2D eigenvalue weighted by molar-refractivity contribution is 7.92. The quantitative estimate of drug-likeness (QED) is 0.448. The van der Waals surface area contributed by atoms with Crippen molar-refractivity contribution in [2.45, 2.75) is 13.5 Å². The molecule has 160 valence electrons. The van der Waals surface area contributed by atoms with Gasteiger partial charge in [-0.25, -0.2) is 18.2 Å². The van der Waals surface area contributed by atoms with Gasteiger partial charge in [0.2, 0.25) is 10.0 Å². The Labute approximate surface area is 181 Å². The maximum Gasteiger partial charge on any atom is 0.271 e. The van der Waals surface area contributed by atoms with Crippen molar-refractivity contribution in [3.8, 4) is 0 Å². The summed E-state index contributed by atoms with van der Waals surface area (Å²) >= 11 is 0. The monoisotopic (exact) mass is 439 g/mol. The van der Waals surface area contributed by atoms with Crippen molar-refractivity contribution in [2.75, 3.05) is 10.6 Å². The zero-order valence-corrected chi connectivity index (χ0v) is 17.9. The summed E-state index contributed by atoms with van der Waals surface area (Å²) in [5.41, 5.74) is 5.75. The molecule has 0 aliphatic rings. The maximum atomic E-state index is 12.9. The number of hydrazone groups is 1. The fourth-order valence-electron chi connectivity index (χ4n) is 2.82. The molecule has 1 amide bonds. The van der Waals surface area contributed by atoms with Crippen molar-refractivity contribution >= 4 is 27.8 Å². The summed E-state index contributed by atoms with van der Waals surface area (Å²) in [6.45, 7) is 2.15. The Balaban J connectivity index is 1.70. The number of hydrogen-bond acceptors (Lipinski definition) is 4. The fraction of sp³-hybridized carbons (Fsp3) is 0.130. The number of rotatable bonds is 7. The van der Waals surface area contributed by atoms with Gasteiger partial charge in [-0.15, -0.1) is 0 Å². The van der Waals surface area contributed by atoms with Gasteiger partial charge in [0.25, 0.3) is 5.91 Å². The number of anilines is 1. The van der Waals surface area contributed by atoms with Gasteiger partial charge < -0.3 is 0 Å². The Kier molecular flexibility index (Phi) is 6.81. The lowest BCUT2D eigenvalue weighted by atomic mass is 10.1. The topological polar surface area (TPSA) is 78.8 Å². The summed E-state index contributed by atoms with van der Waals surface area (Å²) < 4.78 is 38.8. The molecule has 0 atom stereocenters. The summed E-state index contributed by atoms with van der Waals surface area (Å²) in [6, 6.07) is 19.5. The molecule has 8 heteroatoms. The number of halogens is 1. The van der Waals surface area contributed by atoms with Crippen LogP contribution in [0.1, 0.15) is 27.0 Å². The molecule has 0 heterocycles. The lowest BCUT2D eigenvalue weighted by molar-refractivity contribution is 0.0955. The molecule has 31 heavy (non-hydrogen) atoms. The number of benzene rings is 3. The number of amides is 1. The first-order valence-electron chi connectivity index (χ1n) is 9.45. The lowest BCUT2D eigenvalue weighted by Crippen LogP contribution is -2.29. The Hall–Kier alpha value is -3.52. The van der Waals surface area contributed by atoms with Gasteiger partial charge in [-0.3, -0.25) is 9.10 Å². The van der Waals surface area contributed by atoms with E-state index < -0.39 is 15.9 Å². The van der Waals surface area contributed by atoms with E-state index in [-0.39, 0.29) is 12.4 Å². The molecule has 0 radical (unpaired) electrons. The Morgan fingerprint density at radius 1 is 1.00 bits per heavy atom. The number of carbonyl (C=O) groups excluding carboxylic acids is 1. The largest absolute Gasteiger partial charge is 0.271 e. The van der Waals surface area contributed by atoms with Gasteiger partial charge in [-0.05, 0) is 54.4 Å².